The molecule has 2 unspecified atom stereocenters. The van der Waals surface area contributed by atoms with Gasteiger partial charge in [-0.25, -0.2) is 4.39 Å². The molecule has 1 aliphatic heterocycles. The first-order chi connectivity index (χ1) is 9.61. The first-order valence-corrected chi connectivity index (χ1v) is 7.86. The van der Waals surface area contributed by atoms with Gasteiger partial charge in [0.1, 0.15) is 5.82 Å². The lowest BCUT2D eigenvalue weighted by molar-refractivity contribution is 0.135. The maximum absolute atomic E-state index is 13.1. The van der Waals surface area contributed by atoms with Crippen molar-refractivity contribution >= 4 is 0 Å². The van der Waals surface area contributed by atoms with Crippen LogP contribution in [-0.2, 0) is 0 Å². The molecule has 1 aromatic rings. The Hall–Kier alpha value is -0.930. The third-order valence-corrected chi connectivity index (χ3v) is 4.30. The Balaban J connectivity index is 2.13. The van der Waals surface area contributed by atoms with Crippen molar-refractivity contribution in [3.05, 3.63) is 35.6 Å². The smallest absolute Gasteiger partial charge is 0.123 e. The number of hydrogen-bond donors (Lipinski definition) is 1. The van der Waals surface area contributed by atoms with Gasteiger partial charge in [-0.2, -0.15) is 0 Å². The van der Waals surface area contributed by atoms with E-state index in [-0.39, 0.29) is 5.82 Å². The van der Waals surface area contributed by atoms with Gasteiger partial charge in [0.2, 0.25) is 0 Å². The zero-order valence-electron chi connectivity index (χ0n) is 12.9. The monoisotopic (exact) mass is 278 g/mol. The lowest BCUT2D eigenvalue weighted by Gasteiger charge is -2.36. The molecule has 1 saturated heterocycles. The lowest BCUT2D eigenvalue weighted by Crippen LogP contribution is -2.43. The number of halogens is 1. The van der Waals surface area contributed by atoms with Gasteiger partial charge in [0, 0.05) is 24.7 Å². The molecular weight excluding hydrogens is 251 g/mol. The van der Waals surface area contributed by atoms with E-state index in [0.29, 0.717) is 18.1 Å². The Kier molecular flexibility index (Phi) is 5.55. The second kappa shape index (κ2) is 7.19. The molecule has 2 nitrogen and oxygen atoms in total. The molecule has 2 rings (SSSR count). The Morgan fingerprint density at radius 3 is 2.50 bits per heavy atom. The predicted octanol–water partition coefficient (Wildman–Crippen LogP) is 3.74. The van der Waals surface area contributed by atoms with Crippen LogP contribution in [0.5, 0.6) is 0 Å². The zero-order valence-corrected chi connectivity index (χ0v) is 12.9. The Morgan fingerprint density at radius 2 is 2.00 bits per heavy atom. The van der Waals surface area contributed by atoms with Gasteiger partial charge in [-0.05, 0) is 57.4 Å². The van der Waals surface area contributed by atoms with E-state index in [1.165, 1.54) is 18.4 Å². The number of nitrogens with zero attached hydrogens (tertiary/aromatic N) is 1. The van der Waals surface area contributed by atoms with E-state index in [0.717, 1.165) is 19.5 Å². The number of rotatable bonds is 6. The van der Waals surface area contributed by atoms with Crippen LogP contribution < -0.4 is 5.32 Å². The molecule has 0 bridgehead atoms. The third kappa shape index (κ3) is 3.80. The highest BCUT2D eigenvalue weighted by Gasteiger charge is 2.25. The Labute approximate surface area is 122 Å². The summed E-state index contributed by atoms with van der Waals surface area (Å²) in [6.45, 7) is 8.94. The predicted molar refractivity (Wildman–Crippen MR) is 82.3 cm³/mol. The maximum Gasteiger partial charge on any atom is 0.123 e. The summed E-state index contributed by atoms with van der Waals surface area (Å²) in [5.74, 6) is -0.155. The molecule has 20 heavy (non-hydrogen) atoms. The molecule has 1 heterocycles. The molecule has 0 radical (unpaired) electrons. The summed E-state index contributed by atoms with van der Waals surface area (Å²) in [5, 5.41) is 3.58. The van der Waals surface area contributed by atoms with Gasteiger partial charge in [-0.15, -0.1) is 0 Å². The molecule has 2 atom stereocenters. The van der Waals surface area contributed by atoms with Gasteiger partial charge >= 0.3 is 0 Å². The summed E-state index contributed by atoms with van der Waals surface area (Å²) in [6.07, 6.45) is 3.60. The number of nitrogens with one attached hydrogen (secondary N) is 1. The standard InChI is InChI=1S/C17H27FN2/c1-4-17(14-7-9-15(18)10-8-14)20(13(2)3)12-16-6-5-11-19-16/h7-10,13,16-17,19H,4-6,11-12H2,1-3H3. The first-order valence-electron chi connectivity index (χ1n) is 7.86. The van der Waals surface area contributed by atoms with Crippen LogP contribution in [0.1, 0.15) is 51.6 Å². The van der Waals surface area contributed by atoms with Gasteiger partial charge in [0.25, 0.3) is 0 Å². The van der Waals surface area contributed by atoms with Crippen molar-refractivity contribution < 1.29 is 4.39 Å². The van der Waals surface area contributed by atoms with E-state index in [1.807, 2.05) is 12.1 Å². The van der Waals surface area contributed by atoms with Crippen LogP contribution in [0.15, 0.2) is 24.3 Å². The number of hydrogen-bond acceptors (Lipinski definition) is 2. The third-order valence-electron chi connectivity index (χ3n) is 4.30. The summed E-state index contributed by atoms with van der Waals surface area (Å²) in [7, 11) is 0. The van der Waals surface area contributed by atoms with Gasteiger partial charge in [-0.1, -0.05) is 19.1 Å². The maximum atomic E-state index is 13.1. The molecule has 0 spiro atoms. The topological polar surface area (TPSA) is 15.3 Å². The Bertz CT molecular complexity index is 396. The van der Waals surface area contributed by atoms with Gasteiger partial charge in [-0.3, -0.25) is 4.90 Å². The Morgan fingerprint density at radius 1 is 1.30 bits per heavy atom. The molecule has 1 aromatic carbocycles. The molecular formula is C17H27FN2. The van der Waals surface area contributed by atoms with Crippen LogP contribution in [0.4, 0.5) is 4.39 Å². The fourth-order valence-corrected chi connectivity index (χ4v) is 3.21. The molecule has 1 N–H and O–H groups in total. The fourth-order valence-electron chi connectivity index (χ4n) is 3.21. The van der Waals surface area contributed by atoms with Gasteiger partial charge in [0.05, 0.1) is 0 Å². The van der Waals surface area contributed by atoms with Crippen molar-refractivity contribution in [2.24, 2.45) is 0 Å². The largest absolute Gasteiger partial charge is 0.313 e. The summed E-state index contributed by atoms with van der Waals surface area (Å²) in [6, 6.07) is 8.48. The fraction of sp³-hybridized carbons (Fsp3) is 0.647. The molecule has 0 aromatic heterocycles. The highest BCUT2D eigenvalue weighted by Crippen LogP contribution is 2.27. The van der Waals surface area contributed by atoms with E-state index in [2.05, 4.69) is 31.0 Å². The SMILES string of the molecule is CCC(c1ccc(F)cc1)N(CC1CCCN1)C(C)C. The van der Waals surface area contributed by atoms with E-state index in [9.17, 15) is 4.39 Å². The van der Waals surface area contributed by atoms with E-state index in [1.54, 1.807) is 12.1 Å². The minimum Gasteiger partial charge on any atom is -0.313 e. The molecule has 0 amide bonds. The molecule has 3 heteroatoms. The normalized spacial score (nSPS) is 20.8. The first kappa shape index (κ1) is 15.5. The molecule has 1 aliphatic rings. The molecule has 1 fully saturated rings. The second-order valence-electron chi connectivity index (χ2n) is 6.06. The van der Waals surface area contributed by atoms with Crippen LogP contribution in [0.2, 0.25) is 0 Å². The van der Waals surface area contributed by atoms with Crippen molar-refractivity contribution in [1.82, 2.24) is 10.2 Å². The van der Waals surface area contributed by atoms with Crippen LogP contribution >= 0.6 is 0 Å². The molecule has 0 aliphatic carbocycles. The minimum absolute atomic E-state index is 0.155. The molecule has 0 saturated carbocycles. The van der Waals surface area contributed by atoms with Crippen molar-refractivity contribution in [1.29, 1.82) is 0 Å². The quantitative estimate of drug-likeness (QED) is 0.853. The van der Waals surface area contributed by atoms with Crippen LogP contribution in [0, 0.1) is 5.82 Å². The van der Waals surface area contributed by atoms with Crippen LogP contribution in [-0.4, -0.2) is 30.1 Å². The second-order valence-corrected chi connectivity index (χ2v) is 6.06. The van der Waals surface area contributed by atoms with Crippen LogP contribution in [0.3, 0.4) is 0 Å². The van der Waals surface area contributed by atoms with Crippen molar-refractivity contribution in [3.63, 3.8) is 0 Å². The molecule has 112 valence electrons. The average Bonchev–Trinajstić information content (AvgIpc) is 2.93. The highest BCUT2D eigenvalue weighted by molar-refractivity contribution is 5.20. The minimum atomic E-state index is -0.155. The van der Waals surface area contributed by atoms with E-state index >= 15 is 0 Å². The van der Waals surface area contributed by atoms with E-state index in [4.69, 9.17) is 0 Å². The van der Waals surface area contributed by atoms with Crippen molar-refractivity contribution in [2.45, 2.75) is 58.2 Å². The summed E-state index contributed by atoms with van der Waals surface area (Å²) in [4.78, 5) is 2.55. The summed E-state index contributed by atoms with van der Waals surface area (Å²) >= 11 is 0. The highest BCUT2D eigenvalue weighted by atomic mass is 19.1. The van der Waals surface area contributed by atoms with Gasteiger partial charge < -0.3 is 5.32 Å². The average molecular weight is 278 g/mol. The van der Waals surface area contributed by atoms with E-state index < -0.39 is 0 Å². The number of benzene rings is 1. The van der Waals surface area contributed by atoms with Crippen LogP contribution in [0.25, 0.3) is 0 Å². The lowest BCUT2D eigenvalue weighted by atomic mass is 10.00. The van der Waals surface area contributed by atoms with Gasteiger partial charge in [0.15, 0.2) is 0 Å². The van der Waals surface area contributed by atoms with Crippen molar-refractivity contribution in [3.8, 4) is 0 Å². The summed E-state index contributed by atoms with van der Waals surface area (Å²) < 4.78 is 13.1. The van der Waals surface area contributed by atoms with Crippen molar-refractivity contribution in [2.75, 3.05) is 13.1 Å². The summed E-state index contributed by atoms with van der Waals surface area (Å²) in [5.41, 5.74) is 1.22. The zero-order chi connectivity index (χ0) is 14.5.